The Hall–Kier alpha value is -2.41. The first-order valence-corrected chi connectivity index (χ1v) is 8.74. The van der Waals surface area contributed by atoms with Gasteiger partial charge >= 0.3 is 6.09 Å². The monoisotopic (exact) mass is 362 g/mol. The van der Waals surface area contributed by atoms with Gasteiger partial charge in [0.25, 0.3) is 6.47 Å². The van der Waals surface area contributed by atoms with E-state index in [1.165, 1.54) is 16.2 Å². The van der Waals surface area contributed by atoms with Crippen LogP contribution in [0.25, 0.3) is 0 Å². The van der Waals surface area contributed by atoms with Crippen LogP contribution in [0.2, 0.25) is 0 Å². The zero-order chi connectivity index (χ0) is 18.4. The minimum atomic E-state index is -0.650. The second kappa shape index (κ2) is 8.11. The lowest BCUT2D eigenvalue weighted by Crippen LogP contribution is -2.41. The molecule has 0 aliphatic rings. The average Bonchev–Trinajstić information content (AvgIpc) is 2.96. The van der Waals surface area contributed by atoms with Gasteiger partial charge in [0.15, 0.2) is 0 Å². The predicted octanol–water partition coefficient (Wildman–Crippen LogP) is 4.11. The van der Waals surface area contributed by atoms with Gasteiger partial charge in [-0.3, -0.25) is 9.69 Å². The van der Waals surface area contributed by atoms with Crippen LogP contribution in [-0.4, -0.2) is 29.8 Å². The van der Waals surface area contributed by atoms with Crippen molar-refractivity contribution < 1.29 is 19.1 Å². The summed E-state index contributed by atoms with van der Waals surface area (Å²) in [5, 5.41) is 0. The van der Waals surface area contributed by atoms with Crippen molar-refractivity contribution in [3.63, 3.8) is 0 Å². The molecule has 7 heteroatoms. The van der Waals surface area contributed by atoms with Crippen LogP contribution in [0.1, 0.15) is 37.4 Å². The molecule has 1 atom stereocenters. The van der Waals surface area contributed by atoms with Crippen molar-refractivity contribution in [2.45, 2.75) is 39.3 Å². The van der Waals surface area contributed by atoms with Crippen molar-refractivity contribution in [3.8, 4) is 0 Å². The molecule has 1 unspecified atom stereocenters. The van der Waals surface area contributed by atoms with E-state index in [0.29, 0.717) is 12.2 Å². The zero-order valence-corrected chi connectivity index (χ0v) is 15.6. The van der Waals surface area contributed by atoms with Gasteiger partial charge < -0.3 is 9.47 Å². The maximum absolute atomic E-state index is 12.9. The molecular weight excluding hydrogens is 340 g/mol. The maximum Gasteiger partial charge on any atom is 0.415 e. The number of para-hydroxylation sites is 1. The fraction of sp³-hybridized carbons (Fsp3) is 0.389. The molecule has 1 aromatic carbocycles. The molecule has 0 bridgehead atoms. The van der Waals surface area contributed by atoms with Gasteiger partial charge in [-0.25, -0.2) is 9.78 Å². The molecule has 0 saturated heterocycles. The molecular formula is C18H22N2O4S. The van der Waals surface area contributed by atoms with Crippen LogP contribution < -0.4 is 4.90 Å². The van der Waals surface area contributed by atoms with Crippen molar-refractivity contribution in [2.24, 2.45) is 0 Å². The molecule has 0 aliphatic carbocycles. The highest BCUT2D eigenvalue weighted by atomic mass is 32.1. The summed E-state index contributed by atoms with van der Waals surface area (Å²) < 4.78 is 10.6. The number of benzene rings is 1. The summed E-state index contributed by atoms with van der Waals surface area (Å²) in [6.45, 7) is 7.68. The first kappa shape index (κ1) is 18.9. The largest absolute Gasteiger partial charge is 0.465 e. The van der Waals surface area contributed by atoms with E-state index in [4.69, 9.17) is 9.47 Å². The number of aryl methyl sites for hydroxylation is 1. The van der Waals surface area contributed by atoms with Crippen molar-refractivity contribution in [2.75, 3.05) is 11.5 Å². The molecule has 6 nitrogen and oxygen atoms in total. The fourth-order valence-corrected chi connectivity index (χ4v) is 3.22. The van der Waals surface area contributed by atoms with Gasteiger partial charge in [0.2, 0.25) is 0 Å². The van der Waals surface area contributed by atoms with Crippen LogP contribution in [0.3, 0.4) is 0 Å². The third kappa shape index (κ3) is 5.03. The number of hydrogen-bond donors (Lipinski definition) is 0. The lowest BCUT2D eigenvalue weighted by atomic mass is 10.1. The van der Waals surface area contributed by atoms with E-state index in [1.54, 1.807) is 5.51 Å². The molecule has 134 valence electrons. The summed E-state index contributed by atoms with van der Waals surface area (Å²) in [4.78, 5) is 30.3. The average molecular weight is 362 g/mol. The first-order valence-electron chi connectivity index (χ1n) is 7.86. The van der Waals surface area contributed by atoms with E-state index < -0.39 is 17.7 Å². The Morgan fingerprint density at radius 3 is 2.52 bits per heavy atom. The topological polar surface area (TPSA) is 68.7 Å². The van der Waals surface area contributed by atoms with Gasteiger partial charge in [-0.2, -0.15) is 0 Å². The molecule has 25 heavy (non-hydrogen) atoms. The van der Waals surface area contributed by atoms with E-state index in [0.717, 1.165) is 10.6 Å². The summed E-state index contributed by atoms with van der Waals surface area (Å²) in [6.07, 6.45) is -0.508. The van der Waals surface area contributed by atoms with Gasteiger partial charge in [0.05, 0.1) is 16.1 Å². The van der Waals surface area contributed by atoms with Crippen LogP contribution in [0.5, 0.6) is 0 Å². The molecule has 0 saturated carbocycles. The van der Waals surface area contributed by atoms with Crippen LogP contribution in [0, 0.1) is 6.92 Å². The predicted molar refractivity (Wildman–Crippen MR) is 96.8 cm³/mol. The second-order valence-electron chi connectivity index (χ2n) is 6.43. The number of thiazole rings is 1. The van der Waals surface area contributed by atoms with Crippen LogP contribution in [0.4, 0.5) is 10.5 Å². The number of aromatic nitrogens is 1. The highest BCUT2D eigenvalue weighted by Gasteiger charge is 2.33. The number of carbonyl (C=O) groups is 2. The van der Waals surface area contributed by atoms with Crippen molar-refractivity contribution >= 4 is 29.6 Å². The van der Waals surface area contributed by atoms with E-state index in [2.05, 4.69) is 4.98 Å². The number of carbonyl (C=O) groups excluding carboxylic acids is 2. The Labute approximate surface area is 151 Å². The molecule has 2 rings (SSSR count). The maximum atomic E-state index is 12.9. The number of hydrogen-bond acceptors (Lipinski definition) is 6. The van der Waals surface area contributed by atoms with Crippen LogP contribution in [0.15, 0.2) is 35.8 Å². The number of rotatable bonds is 6. The Balaban J connectivity index is 2.47. The number of anilines is 1. The van der Waals surface area contributed by atoms with Gasteiger partial charge in [0.1, 0.15) is 18.2 Å². The summed E-state index contributed by atoms with van der Waals surface area (Å²) in [6, 6.07) is 8.65. The van der Waals surface area contributed by atoms with Crippen LogP contribution >= 0.6 is 11.3 Å². The van der Waals surface area contributed by atoms with Crippen molar-refractivity contribution in [3.05, 3.63) is 46.4 Å². The Bertz CT molecular complexity index is 709. The molecule has 0 fully saturated rings. The second-order valence-corrected chi connectivity index (χ2v) is 7.32. The minimum absolute atomic E-state index is 0.0146. The fourth-order valence-electron chi connectivity index (χ4n) is 2.34. The highest BCUT2D eigenvalue weighted by molar-refractivity contribution is 7.09. The van der Waals surface area contributed by atoms with E-state index >= 15 is 0 Å². The standard InChI is InChI=1S/C18H22N2O4S/c1-13-16(25-11-19-13)15(10-23-12-21)20(14-8-6-5-7-9-14)17(22)24-18(2,3)4/h5-9,11-12,15H,10H2,1-4H3. The quantitative estimate of drug-likeness (QED) is 0.724. The molecule has 0 aliphatic heterocycles. The summed E-state index contributed by atoms with van der Waals surface area (Å²) in [7, 11) is 0. The van der Waals surface area contributed by atoms with Gasteiger partial charge in [-0.1, -0.05) is 18.2 Å². The summed E-state index contributed by atoms with van der Waals surface area (Å²) in [5.74, 6) is 0. The Morgan fingerprint density at radius 2 is 2.00 bits per heavy atom. The summed E-state index contributed by atoms with van der Waals surface area (Å²) in [5.41, 5.74) is 2.50. The van der Waals surface area contributed by atoms with Crippen molar-refractivity contribution in [1.29, 1.82) is 0 Å². The SMILES string of the molecule is Cc1ncsc1C(COC=O)N(C(=O)OC(C)(C)C)c1ccccc1. The Kier molecular flexibility index (Phi) is 6.14. The molecule has 0 radical (unpaired) electrons. The van der Waals surface area contributed by atoms with Gasteiger partial charge in [0, 0.05) is 5.69 Å². The zero-order valence-electron chi connectivity index (χ0n) is 14.8. The molecule has 1 heterocycles. The number of amides is 1. The molecule has 1 aromatic heterocycles. The summed E-state index contributed by atoms with van der Waals surface area (Å²) >= 11 is 1.41. The van der Waals surface area contributed by atoms with Crippen molar-refractivity contribution in [1.82, 2.24) is 4.98 Å². The number of ether oxygens (including phenoxy) is 2. The molecule has 2 aromatic rings. The lowest BCUT2D eigenvalue weighted by Gasteiger charge is -2.32. The molecule has 0 spiro atoms. The lowest BCUT2D eigenvalue weighted by molar-refractivity contribution is -0.129. The first-order chi connectivity index (χ1) is 11.8. The molecule has 0 N–H and O–H groups in total. The normalized spacial score (nSPS) is 12.3. The molecule has 1 amide bonds. The Morgan fingerprint density at radius 1 is 1.32 bits per heavy atom. The van der Waals surface area contributed by atoms with Gasteiger partial charge in [-0.05, 0) is 39.8 Å². The minimum Gasteiger partial charge on any atom is -0.465 e. The van der Waals surface area contributed by atoms with Crippen LogP contribution in [-0.2, 0) is 14.3 Å². The third-order valence-corrected chi connectivity index (χ3v) is 4.38. The van der Waals surface area contributed by atoms with E-state index in [-0.39, 0.29) is 6.61 Å². The van der Waals surface area contributed by atoms with Gasteiger partial charge in [-0.15, -0.1) is 11.3 Å². The number of nitrogens with zero attached hydrogens (tertiary/aromatic N) is 2. The highest BCUT2D eigenvalue weighted by Crippen LogP contribution is 2.33. The third-order valence-electron chi connectivity index (χ3n) is 3.34. The van der Waals surface area contributed by atoms with E-state index in [1.807, 2.05) is 58.0 Å². The smallest absolute Gasteiger partial charge is 0.415 e. The van der Waals surface area contributed by atoms with E-state index in [9.17, 15) is 9.59 Å².